The van der Waals surface area contributed by atoms with Gasteiger partial charge in [0.1, 0.15) is 12.4 Å². The number of anilines is 1. The van der Waals surface area contributed by atoms with E-state index in [4.69, 9.17) is 9.47 Å². The van der Waals surface area contributed by atoms with E-state index >= 15 is 4.39 Å². The molecular weight excluding hydrogens is 479 g/mol. The smallest absolute Gasteiger partial charge is 0.251 e. The summed E-state index contributed by atoms with van der Waals surface area (Å²) in [7, 11) is 1.47. The van der Waals surface area contributed by atoms with Gasteiger partial charge in [-0.15, -0.1) is 11.8 Å². The van der Waals surface area contributed by atoms with E-state index < -0.39 is 0 Å². The first-order valence-corrected chi connectivity index (χ1v) is 13.4. The Kier molecular flexibility index (Phi) is 6.35. The Morgan fingerprint density at radius 3 is 2.97 bits per heavy atom. The first kappa shape index (κ1) is 23.4. The summed E-state index contributed by atoms with van der Waals surface area (Å²) >= 11 is 1.82. The predicted octanol–water partition coefficient (Wildman–Crippen LogP) is 4.10. The van der Waals surface area contributed by atoms with Gasteiger partial charge >= 0.3 is 0 Å². The Labute approximate surface area is 213 Å². The summed E-state index contributed by atoms with van der Waals surface area (Å²) in [6.45, 7) is 3.17. The molecule has 1 fully saturated rings. The third-order valence-electron chi connectivity index (χ3n) is 7.39. The number of halogens is 1. The molecule has 1 aromatic heterocycles. The van der Waals surface area contributed by atoms with E-state index in [2.05, 4.69) is 20.5 Å². The van der Waals surface area contributed by atoms with Crippen molar-refractivity contribution < 1.29 is 18.7 Å². The van der Waals surface area contributed by atoms with Crippen molar-refractivity contribution in [3.05, 3.63) is 53.5 Å². The second-order valence-electron chi connectivity index (χ2n) is 9.52. The van der Waals surface area contributed by atoms with E-state index in [0.717, 1.165) is 49.5 Å². The molecule has 1 unspecified atom stereocenters. The lowest BCUT2D eigenvalue weighted by atomic mass is 9.95. The monoisotopic (exact) mass is 508 g/mol. The Morgan fingerprint density at radius 1 is 1.28 bits per heavy atom. The lowest BCUT2D eigenvalue weighted by Crippen LogP contribution is -2.51. The highest BCUT2D eigenvalue weighted by Gasteiger charge is 2.31. The normalized spacial score (nSPS) is 20.1. The molecule has 9 heteroatoms. The number of rotatable bonds is 4. The van der Waals surface area contributed by atoms with Gasteiger partial charge in [0.05, 0.1) is 18.8 Å². The number of carbonyl (C=O) groups is 1. The van der Waals surface area contributed by atoms with E-state index in [1.807, 2.05) is 30.0 Å². The summed E-state index contributed by atoms with van der Waals surface area (Å²) in [5.41, 5.74) is 3.19. The van der Waals surface area contributed by atoms with Crippen LogP contribution in [0.4, 0.5) is 10.1 Å². The molecule has 0 spiro atoms. The first-order chi connectivity index (χ1) is 17.6. The summed E-state index contributed by atoms with van der Waals surface area (Å²) in [6.07, 6.45) is 4.12. The molecule has 1 saturated heterocycles. The van der Waals surface area contributed by atoms with Gasteiger partial charge in [0.25, 0.3) is 5.91 Å². The van der Waals surface area contributed by atoms with Crippen molar-refractivity contribution >= 4 is 34.3 Å². The van der Waals surface area contributed by atoms with Gasteiger partial charge < -0.3 is 20.1 Å². The lowest BCUT2D eigenvalue weighted by molar-refractivity contribution is 0.0800. The summed E-state index contributed by atoms with van der Waals surface area (Å²) in [5, 5.41) is 7.08. The van der Waals surface area contributed by atoms with Crippen molar-refractivity contribution in [2.24, 2.45) is 0 Å². The minimum Gasteiger partial charge on any atom is -0.494 e. The molecule has 4 heterocycles. The van der Waals surface area contributed by atoms with Crippen LogP contribution >= 0.6 is 11.8 Å². The van der Waals surface area contributed by atoms with Crippen molar-refractivity contribution in [1.29, 1.82) is 0 Å². The molecule has 36 heavy (non-hydrogen) atoms. The van der Waals surface area contributed by atoms with Gasteiger partial charge in [-0.1, -0.05) is 0 Å². The number of benzene rings is 2. The van der Waals surface area contributed by atoms with Crippen LogP contribution in [0.15, 0.2) is 41.4 Å². The number of hydrogen-bond donors (Lipinski definition) is 2. The standard InChI is InChI=1S/C27H29FN4O3S/c1-34-22-4-3-20-25(26(22)28)19-13-18(15-35-23(19)14-30-20)32-9-6-17(7-10-32)31-27(33)16-2-5-24-21(12-16)29-8-11-36-24/h2-5,12,14,17-18,29H,6-11,13,15H2,1H3,(H,31,33). The number of fused-ring (bicyclic) bond motifs is 4. The van der Waals surface area contributed by atoms with Crippen molar-refractivity contribution in [3.63, 3.8) is 0 Å². The summed E-state index contributed by atoms with van der Waals surface area (Å²) in [5.74, 6) is 1.49. The number of thioether (sulfide) groups is 1. The number of ether oxygens (including phenoxy) is 2. The first-order valence-electron chi connectivity index (χ1n) is 12.4. The maximum absolute atomic E-state index is 15.2. The molecule has 0 bridgehead atoms. The van der Waals surface area contributed by atoms with Crippen LogP contribution in [-0.2, 0) is 6.42 Å². The van der Waals surface area contributed by atoms with Crippen molar-refractivity contribution in [3.8, 4) is 11.5 Å². The number of piperidine rings is 1. The number of methoxy groups -OCH3 is 1. The van der Waals surface area contributed by atoms with Gasteiger partial charge in [-0.25, -0.2) is 4.39 Å². The topological polar surface area (TPSA) is 75.7 Å². The zero-order chi connectivity index (χ0) is 24.6. The molecule has 1 amide bonds. The van der Waals surface area contributed by atoms with Crippen LogP contribution in [0.5, 0.6) is 11.5 Å². The number of hydrogen-bond acceptors (Lipinski definition) is 7. The zero-order valence-electron chi connectivity index (χ0n) is 20.2. The number of amides is 1. The maximum atomic E-state index is 15.2. The van der Waals surface area contributed by atoms with Crippen LogP contribution in [0, 0.1) is 5.82 Å². The van der Waals surface area contributed by atoms with E-state index in [1.54, 1.807) is 18.3 Å². The Hall–Kier alpha value is -3.04. The van der Waals surface area contributed by atoms with Gasteiger partial charge in [-0.3, -0.25) is 14.7 Å². The molecule has 3 aliphatic rings. The molecule has 0 aliphatic carbocycles. The summed E-state index contributed by atoms with van der Waals surface area (Å²) < 4.78 is 26.4. The Morgan fingerprint density at radius 2 is 2.14 bits per heavy atom. The van der Waals surface area contributed by atoms with Gasteiger partial charge in [0, 0.05) is 64.6 Å². The number of nitrogens with one attached hydrogen (secondary N) is 2. The molecule has 188 valence electrons. The number of aromatic nitrogens is 1. The highest BCUT2D eigenvalue weighted by atomic mass is 32.2. The minimum absolute atomic E-state index is 0.0213. The fraction of sp³-hybridized carbons (Fsp3) is 0.407. The molecule has 0 saturated carbocycles. The molecular formula is C27H29FN4O3S. The molecule has 7 nitrogen and oxygen atoms in total. The molecule has 3 aromatic rings. The highest BCUT2D eigenvalue weighted by molar-refractivity contribution is 7.99. The fourth-order valence-electron chi connectivity index (χ4n) is 5.43. The number of likely N-dealkylation sites (tertiary alicyclic amines) is 1. The SMILES string of the molecule is COc1ccc2ncc3c(c2c1F)CC(N1CCC(NC(=O)c2ccc4c(c2)NCCS4)CC1)CO3. The van der Waals surface area contributed by atoms with Gasteiger partial charge in [-0.2, -0.15) is 0 Å². The average molecular weight is 509 g/mol. The van der Waals surface area contributed by atoms with Crippen LogP contribution in [0.2, 0.25) is 0 Å². The number of carbonyl (C=O) groups excluding carboxylic acids is 1. The Bertz CT molecular complexity index is 1310. The van der Waals surface area contributed by atoms with Crippen LogP contribution in [-0.4, -0.2) is 67.0 Å². The number of nitrogens with zero attached hydrogens (tertiary/aromatic N) is 2. The van der Waals surface area contributed by atoms with E-state index in [1.165, 1.54) is 12.0 Å². The third kappa shape index (κ3) is 4.35. The van der Waals surface area contributed by atoms with Crippen molar-refractivity contribution in [2.75, 3.05) is 44.4 Å². The predicted molar refractivity (Wildman–Crippen MR) is 139 cm³/mol. The molecule has 2 N–H and O–H groups in total. The number of pyridine rings is 1. The summed E-state index contributed by atoms with van der Waals surface area (Å²) in [6, 6.07) is 9.57. The third-order valence-corrected chi connectivity index (χ3v) is 8.47. The van der Waals surface area contributed by atoms with Crippen LogP contribution in [0.1, 0.15) is 28.8 Å². The Balaban J connectivity index is 1.11. The fourth-order valence-corrected chi connectivity index (χ4v) is 6.30. The van der Waals surface area contributed by atoms with E-state index in [-0.39, 0.29) is 29.6 Å². The van der Waals surface area contributed by atoms with Gasteiger partial charge in [0.2, 0.25) is 0 Å². The highest BCUT2D eigenvalue weighted by Crippen LogP contribution is 2.37. The molecule has 1 atom stereocenters. The van der Waals surface area contributed by atoms with Gasteiger partial charge in [-0.05, 0) is 49.6 Å². The van der Waals surface area contributed by atoms with Crippen LogP contribution in [0.25, 0.3) is 10.9 Å². The average Bonchev–Trinajstić information content (AvgIpc) is 2.93. The van der Waals surface area contributed by atoms with E-state index in [0.29, 0.717) is 35.2 Å². The summed E-state index contributed by atoms with van der Waals surface area (Å²) in [4.78, 5) is 20.9. The second-order valence-corrected chi connectivity index (χ2v) is 10.7. The largest absolute Gasteiger partial charge is 0.494 e. The van der Waals surface area contributed by atoms with Crippen molar-refractivity contribution in [2.45, 2.75) is 36.2 Å². The molecule has 2 aromatic carbocycles. The molecule has 3 aliphatic heterocycles. The molecule has 0 radical (unpaired) electrons. The van der Waals surface area contributed by atoms with Crippen molar-refractivity contribution in [1.82, 2.24) is 15.2 Å². The minimum atomic E-state index is -0.388. The maximum Gasteiger partial charge on any atom is 0.251 e. The van der Waals surface area contributed by atoms with Gasteiger partial charge in [0.15, 0.2) is 11.6 Å². The van der Waals surface area contributed by atoms with E-state index in [9.17, 15) is 4.79 Å². The molecule has 6 rings (SSSR count). The second kappa shape index (κ2) is 9.78. The zero-order valence-corrected chi connectivity index (χ0v) is 21.0. The quantitative estimate of drug-likeness (QED) is 0.550. The van der Waals surface area contributed by atoms with Crippen LogP contribution in [0.3, 0.4) is 0 Å². The van der Waals surface area contributed by atoms with Crippen LogP contribution < -0.4 is 20.1 Å². The lowest BCUT2D eigenvalue weighted by Gasteiger charge is -2.39.